The van der Waals surface area contributed by atoms with Gasteiger partial charge in [0.2, 0.25) is 11.3 Å². The zero-order valence-electron chi connectivity index (χ0n) is 9.19. The highest BCUT2D eigenvalue weighted by Gasteiger charge is 2.38. The number of nitrogens with zero attached hydrogens (tertiary/aromatic N) is 1. The molecule has 0 atom stereocenters. The van der Waals surface area contributed by atoms with Crippen molar-refractivity contribution in [3.05, 3.63) is 36.0 Å². The molecule has 2 aromatic rings. The minimum absolute atomic E-state index is 0.233. The lowest BCUT2D eigenvalue weighted by Crippen LogP contribution is -2.18. The zero-order chi connectivity index (χ0) is 13.6. The van der Waals surface area contributed by atoms with Gasteiger partial charge in [-0.15, -0.1) is 0 Å². The van der Waals surface area contributed by atoms with Crippen molar-refractivity contribution in [2.24, 2.45) is 0 Å². The summed E-state index contributed by atoms with van der Waals surface area (Å²) in [6.07, 6.45) is 0. The first kappa shape index (κ1) is 14.4. The molecular formula is C11H8Br3NO2S. The van der Waals surface area contributed by atoms with E-state index in [0.29, 0.717) is 16.6 Å². The Kier molecular flexibility index (Phi) is 3.89. The van der Waals surface area contributed by atoms with Crippen LogP contribution in [0.25, 0.3) is 10.9 Å². The molecule has 7 heteroatoms. The third-order valence-corrected chi connectivity index (χ3v) is 7.76. The maximum Gasteiger partial charge on any atom is 0.239 e. The van der Waals surface area contributed by atoms with Gasteiger partial charge in [0.15, 0.2) is 0 Å². The van der Waals surface area contributed by atoms with Crippen molar-refractivity contribution >= 4 is 68.5 Å². The van der Waals surface area contributed by atoms with E-state index in [-0.39, 0.29) is 4.90 Å². The largest absolute Gasteiger partial charge is 0.253 e. The molecule has 1 heterocycles. The number of para-hydroxylation sites is 1. The van der Waals surface area contributed by atoms with Crippen molar-refractivity contribution < 1.29 is 8.42 Å². The fourth-order valence-electron chi connectivity index (χ4n) is 1.62. The van der Waals surface area contributed by atoms with Gasteiger partial charge in [0.25, 0.3) is 0 Å². The number of alkyl halides is 3. The van der Waals surface area contributed by atoms with Crippen LogP contribution < -0.4 is 0 Å². The topological polar surface area (TPSA) is 47.0 Å². The molecule has 1 aromatic carbocycles. The van der Waals surface area contributed by atoms with Crippen molar-refractivity contribution in [1.29, 1.82) is 0 Å². The molecule has 0 saturated heterocycles. The molecule has 0 radical (unpaired) electrons. The lowest BCUT2D eigenvalue weighted by Gasteiger charge is -2.15. The number of hydrogen-bond donors (Lipinski definition) is 0. The Labute approximate surface area is 130 Å². The molecule has 3 nitrogen and oxygen atoms in total. The van der Waals surface area contributed by atoms with Gasteiger partial charge < -0.3 is 0 Å². The average Bonchev–Trinajstić information content (AvgIpc) is 2.26. The molecule has 0 unspecified atom stereocenters. The second-order valence-electron chi connectivity index (χ2n) is 3.73. The quantitative estimate of drug-likeness (QED) is 0.605. The molecule has 0 amide bonds. The van der Waals surface area contributed by atoms with Crippen LogP contribution in [0, 0.1) is 6.92 Å². The summed E-state index contributed by atoms with van der Waals surface area (Å²) in [5.74, 6) is 0. The minimum atomic E-state index is -3.62. The maximum atomic E-state index is 12.5. The van der Waals surface area contributed by atoms with Crippen LogP contribution >= 0.6 is 47.8 Å². The predicted molar refractivity (Wildman–Crippen MR) is 83.2 cm³/mol. The van der Waals surface area contributed by atoms with Crippen LogP contribution in [0.1, 0.15) is 5.69 Å². The number of aryl methyl sites for hydroxylation is 1. The normalized spacial score (nSPS) is 12.9. The molecule has 18 heavy (non-hydrogen) atoms. The van der Waals surface area contributed by atoms with Crippen molar-refractivity contribution in [2.75, 3.05) is 0 Å². The second kappa shape index (κ2) is 4.85. The van der Waals surface area contributed by atoms with Gasteiger partial charge in [-0.2, -0.15) is 0 Å². The lowest BCUT2D eigenvalue weighted by molar-refractivity contribution is 0.599. The van der Waals surface area contributed by atoms with Crippen LogP contribution in [0.2, 0.25) is 0 Å². The molecular weight excluding hydrogens is 450 g/mol. The van der Waals surface area contributed by atoms with E-state index in [9.17, 15) is 8.42 Å². The molecule has 2 rings (SSSR count). The summed E-state index contributed by atoms with van der Waals surface area (Å²) in [5.41, 5.74) is 1.32. The summed E-state index contributed by atoms with van der Waals surface area (Å²) in [7, 11) is -3.62. The number of aromatic nitrogens is 1. The van der Waals surface area contributed by atoms with E-state index in [2.05, 4.69) is 52.8 Å². The van der Waals surface area contributed by atoms with Gasteiger partial charge >= 0.3 is 0 Å². The standard InChI is InChI=1S/C11H8Br3NO2S/c1-7-6-10(18(16,17)11(12,13)14)8-4-2-3-5-9(8)15-7/h2-6H,1H3. The summed E-state index contributed by atoms with van der Waals surface area (Å²) in [5, 5.41) is 0.603. The average molecular weight is 458 g/mol. The highest BCUT2D eigenvalue weighted by atomic mass is 80.0. The van der Waals surface area contributed by atoms with E-state index in [1.807, 2.05) is 6.07 Å². The lowest BCUT2D eigenvalue weighted by atomic mass is 10.2. The summed E-state index contributed by atoms with van der Waals surface area (Å²) >= 11 is 9.22. The predicted octanol–water partition coefficient (Wildman–Crippen LogP) is 4.11. The van der Waals surface area contributed by atoms with E-state index < -0.39 is 11.3 Å². The van der Waals surface area contributed by atoms with Gasteiger partial charge in [0.1, 0.15) is 0 Å². The Hall–Kier alpha value is 0.0200. The number of benzene rings is 1. The molecule has 0 saturated carbocycles. The van der Waals surface area contributed by atoms with Crippen LogP contribution in [-0.4, -0.2) is 14.9 Å². The monoisotopic (exact) mass is 455 g/mol. The van der Waals surface area contributed by atoms with E-state index in [0.717, 1.165) is 0 Å². The molecule has 0 N–H and O–H groups in total. The molecule has 0 aliphatic carbocycles. The molecule has 1 aromatic heterocycles. The Morgan fingerprint density at radius 1 is 1.17 bits per heavy atom. The van der Waals surface area contributed by atoms with Crippen LogP contribution in [0.4, 0.5) is 0 Å². The van der Waals surface area contributed by atoms with E-state index in [4.69, 9.17) is 0 Å². The highest BCUT2D eigenvalue weighted by molar-refractivity contribution is 9.42. The SMILES string of the molecule is Cc1cc(S(=O)(=O)C(Br)(Br)Br)c2ccccc2n1. The van der Waals surface area contributed by atoms with Crippen LogP contribution in [-0.2, 0) is 9.84 Å². The number of fused-ring (bicyclic) bond motifs is 1. The van der Waals surface area contributed by atoms with Crippen molar-refractivity contribution in [2.45, 2.75) is 13.3 Å². The molecule has 0 aliphatic heterocycles. The van der Waals surface area contributed by atoms with Gasteiger partial charge in [-0.1, -0.05) is 18.2 Å². The molecule has 96 valence electrons. The Morgan fingerprint density at radius 3 is 2.39 bits per heavy atom. The fourth-order valence-corrected chi connectivity index (χ4v) is 4.22. The summed E-state index contributed by atoms with van der Waals surface area (Å²) < 4.78 is 23.5. The Bertz CT molecular complexity index is 708. The minimum Gasteiger partial charge on any atom is -0.253 e. The van der Waals surface area contributed by atoms with Gasteiger partial charge in [0.05, 0.1) is 10.4 Å². The summed E-state index contributed by atoms with van der Waals surface area (Å²) in [6.45, 7) is 1.77. The third-order valence-electron chi connectivity index (χ3n) is 2.40. The molecule has 0 aliphatic rings. The van der Waals surface area contributed by atoms with Crippen LogP contribution in [0.15, 0.2) is 35.2 Å². The first-order chi connectivity index (χ1) is 8.23. The van der Waals surface area contributed by atoms with E-state index >= 15 is 0 Å². The number of pyridine rings is 1. The van der Waals surface area contributed by atoms with Gasteiger partial charge in [-0.05, 0) is 66.8 Å². The first-order valence-electron chi connectivity index (χ1n) is 4.91. The van der Waals surface area contributed by atoms with Crippen molar-refractivity contribution in [3.63, 3.8) is 0 Å². The summed E-state index contributed by atoms with van der Waals surface area (Å²) in [4.78, 5) is 4.55. The number of sulfone groups is 1. The second-order valence-corrected chi connectivity index (χ2v) is 14.1. The summed E-state index contributed by atoms with van der Waals surface area (Å²) in [6, 6.07) is 8.72. The van der Waals surface area contributed by atoms with E-state index in [1.165, 1.54) is 0 Å². The fraction of sp³-hybridized carbons (Fsp3) is 0.182. The van der Waals surface area contributed by atoms with Crippen LogP contribution in [0.5, 0.6) is 0 Å². The molecule has 0 bridgehead atoms. The maximum absolute atomic E-state index is 12.5. The van der Waals surface area contributed by atoms with Gasteiger partial charge in [-0.25, -0.2) is 8.42 Å². The van der Waals surface area contributed by atoms with E-state index in [1.54, 1.807) is 31.2 Å². The van der Waals surface area contributed by atoms with Crippen molar-refractivity contribution in [1.82, 2.24) is 4.98 Å². The third kappa shape index (κ3) is 2.50. The van der Waals surface area contributed by atoms with Crippen molar-refractivity contribution in [3.8, 4) is 0 Å². The molecule has 0 spiro atoms. The van der Waals surface area contributed by atoms with Gasteiger partial charge in [-0.3, -0.25) is 4.98 Å². The molecule has 0 fully saturated rings. The number of halogens is 3. The highest BCUT2D eigenvalue weighted by Crippen LogP contribution is 2.44. The Balaban J connectivity index is 2.88. The number of hydrogen-bond acceptors (Lipinski definition) is 3. The van der Waals surface area contributed by atoms with Gasteiger partial charge in [0, 0.05) is 11.1 Å². The first-order valence-corrected chi connectivity index (χ1v) is 8.77. The Morgan fingerprint density at radius 2 is 1.78 bits per heavy atom. The smallest absolute Gasteiger partial charge is 0.239 e. The zero-order valence-corrected chi connectivity index (χ0v) is 14.8. The van der Waals surface area contributed by atoms with Crippen LogP contribution in [0.3, 0.4) is 0 Å². The number of rotatable bonds is 1.